The molecular formula is C17H25N3O. The first-order valence-corrected chi connectivity index (χ1v) is 8.33. The Morgan fingerprint density at radius 3 is 3.00 bits per heavy atom. The van der Waals surface area contributed by atoms with Crippen molar-refractivity contribution in [2.45, 2.75) is 31.7 Å². The van der Waals surface area contributed by atoms with Gasteiger partial charge in [-0.15, -0.1) is 0 Å². The zero-order chi connectivity index (χ0) is 14.1. The van der Waals surface area contributed by atoms with Crippen molar-refractivity contribution in [1.82, 2.24) is 9.88 Å². The van der Waals surface area contributed by atoms with E-state index in [1.165, 1.54) is 45.3 Å². The molecule has 3 fully saturated rings. The number of aromatic nitrogens is 1. The minimum atomic E-state index is 0.484. The number of anilines is 1. The third kappa shape index (κ3) is 2.67. The second kappa shape index (κ2) is 5.58. The molecule has 114 valence electrons. The average Bonchev–Trinajstić information content (AvgIpc) is 3.19. The molecule has 0 saturated carbocycles. The Balaban J connectivity index is 1.45. The molecule has 4 heteroatoms. The smallest absolute Gasteiger partial charge is 0.128 e. The maximum Gasteiger partial charge on any atom is 0.128 e. The fraction of sp³-hybridized carbons (Fsp3) is 0.706. The molecule has 4 heterocycles. The van der Waals surface area contributed by atoms with Crippen LogP contribution in [0.25, 0.3) is 0 Å². The summed E-state index contributed by atoms with van der Waals surface area (Å²) < 4.78 is 5.57. The fourth-order valence-electron chi connectivity index (χ4n) is 4.37. The highest BCUT2D eigenvalue weighted by molar-refractivity contribution is 5.39. The lowest BCUT2D eigenvalue weighted by atomic mass is 9.79. The van der Waals surface area contributed by atoms with Crippen molar-refractivity contribution in [3.05, 3.63) is 24.4 Å². The van der Waals surface area contributed by atoms with Crippen LogP contribution < -0.4 is 4.90 Å². The van der Waals surface area contributed by atoms with Gasteiger partial charge in [0.05, 0.1) is 6.61 Å². The molecule has 0 aromatic carbocycles. The molecule has 1 spiro atoms. The zero-order valence-corrected chi connectivity index (χ0v) is 12.7. The van der Waals surface area contributed by atoms with Crippen LogP contribution in [0.3, 0.4) is 0 Å². The van der Waals surface area contributed by atoms with Gasteiger partial charge in [0.25, 0.3) is 0 Å². The Kier molecular flexibility index (Phi) is 3.59. The highest BCUT2D eigenvalue weighted by atomic mass is 16.5. The molecule has 4 rings (SSSR count). The van der Waals surface area contributed by atoms with Crippen molar-refractivity contribution in [3.8, 4) is 0 Å². The number of likely N-dealkylation sites (tertiary alicyclic amines) is 1. The Bertz CT molecular complexity index is 474. The summed E-state index contributed by atoms with van der Waals surface area (Å²) in [5.41, 5.74) is 0.484. The summed E-state index contributed by atoms with van der Waals surface area (Å²) in [7, 11) is 0. The van der Waals surface area contributed by atoms with Gasteiger partial charge in [-0.05, 0) is 44.4 Å². The summed E-state index contributed by atoms with van der Waals surface area (Å²) in [6, 6.07) is 6.92. The quantitative estimate of drug-likeness (QED) is 0.833. The SMILES string of the molecule is c1ccc(N2CCC[C@]3(CCN([C@H]4CCOC4)C3)C2)nc1. The number of hydrogen-bond donors (Lipinski definition) is 0. The Morgan fingerprint density at radius 1 is 1.19 bits per heavy atom. The lowest BCUT2D eigenvalue weighted by Crippen LogP contribution is -2.46. The van der Waals surface area contributed by atoms with Gasteiger partial charge in [0.15, 0.2) is 0 Å². The molecule has 0 N–H and O–H groups in total. The van der Waals surface area contributed by atoms with Gasteiger partial charge in [-0.3, -0.25) is 4.90 Å². The van der Waals surface area contributed by atoms with Crippen molar-refractivity contribution in [1.29, 1.82) is 0 Å². The van der Waals surface area contributed by atoms with Crippen molar-refractivity contribution >= 4 is 5.82 Å². The van der Waals surface area contributed by atoms with Gasteiger partial charge in [0.1, 0.15) is 5.82 Å². The average molecular weight is 287 g/mol. The van der Waals surface area contributed by atoms with Crippen LogP contribution in [0.4, 0.5) is 5.82 Å². The number of ether oxygens (including phenoxy) is 1. The minimum absolute atomic E-state index is 0.484. The first kappa shape index (κ1) is 13.5. The van der Waals surface area contributed by atoms with Crippen LogP contribution >= 0.6 is 0 Å². The summed E-state index contributed by atoms with van der Waals surface area (Å²) in [5, 5.41) is 0. The van der Waals surface area contributed by atoms with Crippen LogP contribution in [0, 0.1) is 5.41 Å². The highest BCUT2D eigenvalue weighted by Crippen LogP contribution is 2.41. The Labute approximate surface area is 127 Å². The third-order valence-corrected chi connectivity index (χ3v) is 5.52. The largest absolute Gasteiger partial charge is 0.380 e. The van der Waals surface area contributed by atoms with Crippen molar-refractivity contribution in [2.75, 3.05) is 44.3 Å². The normalized spacial score (nSPS) is 33.9. The van der Waals surface area contributed by atoms with E-state index in [1.54, 1.807) is 0 Å². The fourth-order valence-corrected chi connectivity index (χ4v) is 4.37. The van der Waals surface area contributed by atoms with Gasteiger partial charge in [-0.2, -0.15) is 0 Å². The van der Waals surface area contributed by atoms with Crippen LogP contribution in [-0.4, -0.2) is 55.3 Å². The number of nitrogens with zero attached hydrogens (tertiary/aromatic N) is 3. The lowest BCUT2D eigenvalue weighted by molar-refractivity contribution is 0.144. The van der Waals surface area contributed by atoms with E-state index >= 15 is 0 Å². The van der Waals surface area contributed by atoms with Crippen molar-refractivity contribution in [3.63, 3.8) is 0 Å². The van der Waals surface area contributed by atoms with Gasteiger partial charge in [0, 0.05) is 43.9 Å². The van der Waals surface area contributed by atoms with Gasteiger partial charge >= 0.3 is 0 Å². The van der Waals surface area contributed by atoms with Gasteiger partial charge < -0.3 is 9.64 Å². The van der Waals surface area contributed by atoms with E-state index in [0.717, 1.165) is 25.6 Å². The lowest BCUT2D eigenvalue weighted by Gasteiger charge is -2.41. The van der Waals surface area contributed by atoms with E-state index in [-0.39, 0.29) is 0 Å². The van der Waals surface area contributed by atoms with E-state index in [1.807, 2.05) is 12.3 Å². The molecule has 3 aliphatic heterocycles. The molecule has 1 aromatic rings. The molecular weight excluding hydrogens is 262 g/mol. The molecule has 0 bridgehead atoms. The summed E-state index contributed by atoms with van der Waals surface area (Å²) in [4.78, 5) is 9.73. The molecule has 3 saturated heterocycles. The first-order valence-electron chi connectivity index (χ1n) is 8.33. The third-order valence-electron chi connectivity index (χ3n) is 5.52. The monoisotopic (exact) mass is 287 g/mol. The molecule has 2 atom stereocenters. The molecule has 21 heavy (non-hydrogen) atoms. The maximum absolute atomic E-state index is 5.57. The zero-order valence-electron chi connectivity index (χ0n) is 12.7. The van der Waals surface area contributed by atoms with E-state index in [0.29, 0.717) is 11.5 Å². The van der Waals surface area contributed by atoms with Crippen molar-refractivity contribution in [2.24, 2.45) is 5.41 Å². The molecule has 1 aromatic heterocycles. The Hall–Kier alpha value is -1.13. The molecule has 0 aliphatic carbocycles. The van der Waals surface area contributed by atoms with Crippen LogP contribution in [0.15, 0.2) is 24.4 Å². The first-order chi connectivity index (χ1) is 10.3. The minimum Gasteiger partial charge on any atom is -0.380 e. The van der Waals surface area contributed by atoms with E-state index in [2.05, 4.69) is 26.9 Å². The van der Waals surface area contributed by atoms with Crippen LogP contribution in [0.2, 0.25) is 0 Å². The second-order valence-electron chi connectivity index (χ2n) is 6.95. The standard InChI is InChI=1S/C17H25N3O/c1-2-8-18-16(4-1)20-9-3-6-17(14-20)7-10-19(13-17)15-5-11-21-12-15/h1-2,4,8,15H,3,5-7,9-14H2/t15-,17+/m0/s1. The molecule has 0 radical (unpaired) electrons. The van der Waals surface area contributed by atoms with Crippen molar-refractivity contribution < 1.29 is 4.74 Å². The Morgan fingerprint density at radius 2 is 2.19 bits per heavy atom. The van der Waals surface area contributed by atoms with E-state index in [9.17, 15) is 0 Å². The molecule has 4 nitrogen and oxygen atoms in total. The molecule has 0 amide bonds. The van der Waals surface area contributed by atoms with Crippen LogP contribution in [-0.2, 0) is 4.74 Å². The van der Waals surface area contributed by atoms with Crippen LogP contribution in [0.5, 0.6) is 0 Å². The molecule has 0 unspecified atom stereocenters. The van der Waals surface area contributed by atoms with E-state index < -0.39 is 0 Å². The topological polar surface area (TPSA) is 28.6 Å². The highest BCUT2D eigenvalue weighted by Gasteiger charge is 2.43. The summed E-state index contributed by atoms with van der Waals surface area (Å²) in [5.74, 6) is 1.15. The predicted molar refractivity (Wildman–Crippen MR) is 83.5 cm³/mol. The van der Waals surface area contributed by atoms with Crippen LogP contribution in [0.1, 0.15) is 25.7 Å². The van der Waals surface area contributed by atoms with Gasteiger partial charge in [-0.1, -0.05) is 6.07 Å². The summed E-state index contributed by atoms with van der Waals surface area (Å²) in [6.07, 6.45) is 7.15. The number of hydrogen-bond acceptors (Lipinski definition) is 4. The number of rotatable bonds is 2. The maximum atomic E-state index is 5.57. The second-order valence-corrected chi connectivity index (χ2v) is 6.95. The predicted octanol–water partition coefficient (Wildman–Crippen LogP) is 2.16. The van der Waals surface area contributed by atoms with Gasteiger partial charge in [-0.25, -0.2) is 4.98 Å². The van der Waals surface area contributed by atoms with E-state index in [4.69, 9.17) is 4.74 Å². The number of pyridine rings is 1. The number of piperidine rings is 1. The molecule has 3 aliphatic rings. The summed E-state index contributed by atoms with van der Waals surface area (Å²) >= 11 is 0. The van der Waals surface area contributed by atoms with Gasteiger partial charge in [0.2, 0.25) is 0 Å². The summed E-state index contributed by atoms with van der Waals surface area (Å²) in [6.45, 7) is 6.74.